The number of nitrogens with one attached hydrogen (secondary N) is 1. The number of rotatable bonds is 5. The van der Waals surface area contributed by atoms with Crippen molar-refractivity contribution in [2.45, 2.75) is 13.0 Å². The van der Waals surface area contributed by atoms with Gasteiger partial charge in [0.15, 0.2) is 4.80 Å². The molecule has 1 unspecified atom stereocenters. The highest BCUT2D eigenvalue weighted by atomic mass is 32.1. The predicted octanol–water partition coefficient (Wildman–Crippen LogP) is 3.59. The van der Waals surface area contributed by atoms with E-state index in [-0.39, 0.29) is 17.2 Å². The second-order valence-electron chi connectivity index (χ2n) is 8.27. The van der Waals surface area contributed by atoms with Crippen molar-refractivity contribution in [1.82, 2.24) is 4.57 Å². The third-order valence-corrected chi connectivity index (χ3v) is 6.86. The lowest BCUT2D eigenvalue weighted by molar-refractivity contribution is -0.113. The summed E-state index contributed by atoms with van der Waals surface area (Å²) in [6.45, 7) is 1.78. The molecule has 1 aliphatic rings. The molecule has 1 aromatic heterocycles. The lowest BCUT2D eigenvalue weighted by atomic mass is 9.95. The molecule has 3 aromatic carbocycles. The number of phenolic OH excluding ortho intramolecular Hbond substituents is 1. The number of carbonyl (C=O) groups excluding carboxylic acids is 1. The number of phenols is 1. The highest BCUT2D eigenvalue weighted by Gasteiger charge is 2.32. The van der Waals surface area contributed by atoms with Crippen LogP contribution in [0.3, 0.4) is 0 Å². The van der Waals surface area contributed by atoms with Gasteiger partial charge in [-0.05, 0) is 60.5 Å². The largest absolute Gasteiger partial charge is 0.508 e. The zero-order chi connectivity index (χ0) is 25.2. The van der Waals surface area contributed by atoms with Gasteiger partial charge in [0, 0.05) is 5.69 Å². The van der Waals surface area contributed by atoms with E-state index < -0.39 is 6.04 Å². The molecule has 0 aliphatic carbocycles. The highest BCUT2D eigenvalue weighted by molar-refractivity contribution is 7.07. The Morgan fingerprint density at radius 3 is 2.61 bits per heavy atom. The Morgan fingerprint density at radius 2 is 1.86 bits per heavy atom. The van der Waals surface area contributed by atoms with E-state index in [1.54, 1.807) is 61.1 Å². The van der Waals surface area contributed by atoms with Gasteiger partial charge in [0.25, 0.3) is 11.5 Å². The molecular formula is C28H23N3O4S. The summed E-state index contributed by atoms with van der Waals surface area (Å²) in [6.07, 6.45) is 1.72. The number of nitrogens with zero attached hydrogens (tertiary/aromatic N) is 2. The van der Waals surface area contributed by atoms with Crippen LogP contribution in [0.2, 0.25) is 0 Å². The van der Waals surface area contributed by atoms with E-state index in [9.17, 15) is 14.7 Å². The first-order valence-electron chi connectivity index (χ1n) is 11.3. The lowest BCUT2D eigenvalue weighted by Crippen LogP contribution is -2.40. The van der Waals surface area contributed by atoms with E-state index in [1.807, 2.05) is 42.5 Å². The Kier molecular flexibility index (Phi) is 6.26. The summed E-state index contributed by atoms with van der Waals surface area (Å²) in [7, 11) is 1.57. The first-order valence-corrected chi connectivity index (χ1v) is 12.1. The van der Waals surface area contributed by atoms with E-state index in [2.05, 4.69) is 10.3 Å². The Bertz CT molecular complexity index is 1670. The van der Waals surface area contributed by atoms with Crippen LogP contribution < -0.4 is 24.9 Å². The number of anilines is 1. The Labute approximate surface area is 211 Å². The number of aromatic nitrogens is 1. The average Bonchev–Trinajstić information content (AvgIpc) is 3.18. The molecular weight excluding hydrogens is 474 g/mol. The molecule has 0 saturated heterocycles. The number of amides is 1. The molecule has 1 atom stereocenters. The number of hydrogen-bond donors (Lipinski definition) is 2. The first kappa shape index (κ1) is 23.3. The summed E-state index contributed by atoms with van der Waals surface area (Å²) in [5, 5.41) is 12.8. The molecule has 0 fully saturated rings. The van der Waals surface area contributed by atoms with E-state index in [4.69, 9.17) is 4.74 Å². The van der Waals surface area contributed by atoms with Crippen LogP contribution >= 0.6 is 11.3 Å². The average molecular weight is 498 g/mol. The predicted molar refractivity (Wildman–Crippen MR) is 140 cm³/mol. The van der Waals surface area contributed by atoms with Crippen molar-refractivity contribution in [2.75, 3.05) is 12.4 Å². The smallest absolute Gasteiger partial charge is 0.271 e. The van der Waals surface area contributed by atoms with Gasteiger partial charge in [-0.1, -0.05) is 53.8 Å². The number of carbonyl (C=O) groups is 1. The van der Waals surface area contributed by atoms with Crippen molar-refractivity contribution in [1.29, 1.82) is 0 Å². The maximum absolute atomic E-state index is 13.7. The van der Waals surface area contributed by atoms with Gasteiger partial charge >= 0.3 is 0 Å². The fourth-order valence-corrected chi connectivity index (χ4v) is 5.27. The molecule has 2 N–H and O–H groups in total. The van der Waals surface area contributed by atoms with E-state index >= 15 is 0 Å². The fraction of sp³-hybridized carbons (Fsp3) is 0.107. The summed E-state index contributed by atoms with van der Waals surface area (Å²) in [5.41, 5.74) is 2.70. The number of hydrogen-bond acceptors (Lipinski definition) is 6. The summed E-state index contributed by atoms with van der Waals surface area (Å²) in [5.74, 6) is 0.394. The molecule has 0 radical (unpaired) electrons. The molecule has 0 spiro atoms. The maximum Gasteiger partial charge on any atom is 0.271 e. The van der Waals surface area contributed by atoms with Crippen LogP contribution in [0.15, 0.2) is 99.9 Å². The van der Waals surface area contributed by atoms with Crippen molar-refractivity contribution in [3.05, 3.63) is 121 Å². The molecule has 1 amide bonds. The maximum atomic E-state index is 13.7. The van der Waals surface area contributed by atoms with Gasteiger partial charge < -0.3 is 15.2 Å². The minimum absolute atomic E-state index is 0.112. The third kappa shape index (κ3) is 4.46. The Balaban J connectivity index is 1.69. The number of aromatic hydroxyl groups is 1. The molecule has 36 heavy (non-hydrogen) atoms. The molecule has 1 aliphatic heterocycles. The van der Waals surface area contributed by atoms with Gasteiger partial charge in [0.2, 0.25) is 0 Å². The third-order valence-electron chi connectivity index (χ3n) is 5.88. The van der Waals surface area contributed by atoms with Crippen molar-refractivity contribution < 1.29 is 14.6 Å². The van der Waals surface area contributed by atoms with Crippen LogP contribution in [0.5, 0.6) is 11.5 Å². The van der Waals surface area contributed by atoms with Crippen molar-refractivity contribution >= 4 is 29.0 Å². The normalized spacial score (nSPS) is 15.3. The van der Waals surface area contributed by atoms with Crippen LogP contribution in [-0.2, 0) is 4.79 Å². The van der Waals surface area contributed by atoms with Crippen LogP contribution in [0.4, 0.5) is 5.69 Å². The van der Waals surface area contributed by atoms with E-state index in [0.717, 1.165) is 5.56 Å². The van der Waals surface area contributed by atoms with Crippen molar-refractivity contribution in [2.24, 2.45) is 4.99 Å². The number of allylic oxidation sites excluding steroid dienone is 1. The Hall–Kier alpha value is -4.43. The van der Waals surface area contributed by atoms with E-state index in [0.29, 0.717) is 37.6 Å². The summed E-state index contributed by atoms with van der Waals surface area (Å²) in [4.78, 5) is 32.4. The number of methoxy groups -OCH3 is 1. The van der Waals surface area contributed by atoms with Gasteiger partial charge in [0.05, 0.1) is 29.0 Å². The number of thiazole rings is 1. The Morgan fingerprint density at radius 1 is 1.08 bits per heavy atom. The second-order valence-corrected chi connectivity index (χ2v) is 9.28. The number of fused-ring (bicyclic) bond motifs is 1. The number of benzene rings is 3. The molecule has 180 valence electrons. The minimum atomic E-state index is -0.702. The van der Waals surface area contributed by atoms with Crippen LogP contribution in [-0.4, -0.2) is 22.7 Å². The molecule has 0 bridgehead atoms. The standard InChI is InChI=1S/C28H23N3O4S/c1-17-24(26(33)30-20-10-4-3-5-11-20)25(19-9-7-13-22(16-19)35-2)31-27(34)23(36-28(31)29-17)15-18-8-6-12-21(32)14-18/h3-16,25,32H,1-2H3,(H,30,33). The topological polar surface area (TPSA) is 92.9 Å². The highest BCUT2D eigenvalue weighted by Crippen LogP contribution is 2.32. The summed E-state index contributed by atoms with van der Waals surface area (Å²) in [6, 6.07) is 22.5. The van der Waals surface area contributed by atoms with E-state index in [1.165, 1.54) is 11.3 Å². The monoisotopic (exact) mass is 497 g/mol. The van der Waals surface area contributed by atoms with Crippen LogP contribution in [0.25, 0.3) is 6.08 Å². The molecule has 8 heteroatoms. The van der Waals surface area contributed by atoms with Crippen LogP contribution in [0, 0.1) is 0 Å². The fourth-order valence-electron chi connectivity index (χ4n) is 4.22. The molecule has 2 heterocycles. The van der Waals surface area contributed by atoms with Gasteiger partial charge in [0.1, 0.15) is 11.5 Å². The quantitative estimate of drug-likeness (QED) is 0.441. The van der Waals surface area contributed by atoms with Crippen molar-refractivity contribution in [3.63, 3.8) is 0 Å². The summed E-state index contributed by atoms with van der Waals surface area (Å²) < 4.78 is 7.43. The van der Waals surface area contributed by atoms with Crippen LogP contribution in [0.1, 0.15) is 24.1 Å². The molecule has 5 rings (SSSR count). The SMILES string of the molecule is COc1cccc(C2C(C(=O)Nc3ccccc3)=C(C)N=c3sc(=Cc4cccc(O)c4)c(=O)n32)c1. The molecule has 7 nitrogen and oxygen atoms in total. The van der Waals surface area contributed by atoms with Gasteiger partial charge in [-0.3, -0.25) is 14.2 Å². The zero-order valence-electron chi connectivity index (χ0n) is 19.6. The minimum Gasteiger partial charge on any atom is -0.508 e. The van der Waals surface area contributed by atoms with Gasteiger partial charge in [-0.2, -0.15) is 0 Å². The molecule has 4 aromatic rings. The van der Waals surface area contributed by atoms with Crippen molar-refractivity contribution in [3.8, 4) is 11.5 Å². The molecule has 0 saturated carbocycles. The summed E-state index contributed by atoms with van der Waals surface area (Å²) >= 11 is 1.24. The van der Waals surface area contributed by atoms with Gasteiger partial charge in [-0.25, -0.2) is 4.99 Å². The number of ether oxygens (including phenoxy) is 1. The number of para-hydroxylation sites is 1. The second kappa shape index (κ2) is 9.67. The lowest BCUT2D eigenvalue weighted by Gasteiger charge is -2.25. The first-order chi connectivity index (χ1) is 17.4. The van der Waals surface area contributed by atoms with Gasteiger partial charge in [-0.15, -0.1) is 0 Å². The zero-order valence-corrected chi connectivity index (χ0v) is 20.5.